The highest BCUT2D eigenvalue weighted by molar-refractivity contribution is 5.95. The van der Waals surface area contributed by atoms with Gasteiger partial charge in [-0.05, 0) is 37.8 Å². The molecule has 136 valence electrons. The van der Waals surface area contributed by atoms with E-state index in [1.807, 2.05) is 0 Å². The maximum atomic E-state index is 12.6. The number of carbonyl (C=O) groups excluding carboxylic acids is 2. The van der Waals surface area contributed by atoms with Crippen LogP contribution in [0, 0.1) is 5.92 Å². The largest absolute Gasteiger partial charge is 0.467 e. The van der Waals surface area contributed by atoms with Crippen LogP contribution in [0.4, 0.5) is 4.79 Å². The highest BCUT2D eigenvalue weighted by atomic mass is 16.5. The Morgan fingerprint density at radius 2 is 2.16 bits per heavy atom. The number of carbonyl (C=O) groups is 2. The molecule has 0 unspecified atom stereocenters. The second-order valence-electron chi connectivity index (χ2n) is 6.77. The molecule has 2 aliphatic rings. The number of hydrogen-bond acceptors (Lipinski definition) is 4. The molecule has 0 radical (unpaired) electrons. The highest BCUT2D eigenvalue weighted by Gasteiger charge is 2.37. The molecule has 7 nitrogen and oxygen atoms in total. The molecule has 2 amide bonds. The van der Waals surface area contributed by atoms with Crippen molar-refractivity contribution in [1.82, 2.24) is 10.6 Å². The number of esters is 1. The summed E-state index contributed by atoms with van der Waals surface area (Å²) in [5, 5.41) is 5.59. The smallest absolute Gasteiger partial charge is 0.338 e. The zero-order valence-corrected chi connectivity index (χ0v) is 14.8. The van der Waals surface area contributed by atoms with Crippen molar-refractivity contribution in [3.8, 4) is 0 Å². The lowest BCUT2D eigenvalue weighted by Gasteiger charge is -2.32. The Bertz CT molecular complexity index is 645. The first-order chi connectivity index (χ1) is 12.1. The molecule has 1 aromatic heterocycles. The Morgan fingerprint density at radius 1 is 1.40 bits per heavy atom. The van der Waals surface area contributed by atoms with E-state index in [1.54, 1.807) is 19.1 Å². The van der Waals surface area contributed by atoms with Gasteiger partial charge in [-0.1, -0.05) is 6.92 Å². The van der Waals surface area contributed by atoms with Gasteiger partial charge in [-0.2, -0.15) is 0 Å². The Labute approximate surface area is 147 Å². The molecule has 1 saturated heterocycles. The van der Waals surface area contributed by atoms with Crippen molar-refractivity contribution >= 4 is 12.0 Å². The lowest BCUT2D eigenvalue weighted by Crippen LogP contribution is -3.13. The third kappa shape index (κ3) is 4.04. The highest BCUT2D eigenvalue weighted by Crippen LogP contribution is 2.27. The molecular weight excluding hydrogens is 322 g/mol. The molecule has 3 N–H and O–H groups in total. The van der Waals surface area contributed by atoms with Gasteiger partial charge in [0.1, 0.15) is 18.3 Å². The fourth-order valence-electron chi connectivity index (χ4n) is 3.47. The van der Waals surface area contributed by atoms with Gasteiger partial charge in [0, 0.05) is 0 Å². The van der Waals surface area contributed by atoms with Gasteiger partial charge in [-0.15, -0.1) is 0 Å². The van der Waals surface area contributed by atoms with Gasteiger partial charge >= 0.3 is 12.0 Å². The van der Waals surface area contributed by atoms with Crippen LogP contribution >= 0.6 is 0 Å². The summed E-state index contributed by atoms with van der Waals surface area (Å²) in [7, 11) is 0. The molecule has 0 saturated carbocycles. The number of nitrogens with one attached hydrogen (secondary N) is 3. The minimum absolute atomic E-state index is 0.280. The van der Waals surface area contributed by atoms with Crippen LogP contribution in [-0.2, 0) is 9.53 Å². The molecule has 2 aliphatic heterocycles. The molecule has 1 aromatic rings. The molecule has 1 atom stereocenters. The maximum Gasteiger partial charge on any atom is 0.338 e. The summed E-state index contributed by atoms with van der Waals surface area (Å²) in [5.41, 5.74) is 1.07. The molecule has 0 aromatic carbocycles. The van der Waals surface area contributed by atoms with Gasteiger partial charge < -0.3 is 24.7 Å². The summed E-state index contributed by atoms with van der Waals surface area (Å²) in [6.45, 7) is 6.99. The average Bonchev–Trinajstić information content (AvgIpc) is 3.11. The van der Waals surface area contributed by atoms with Crippen molar-refractivity contribution in [3.63, 3.8) is 0 Å². The summed E-state index contributed by atoms with van der Waals surface area (Å²) in [4.78, 5) is 26.1. The maximum absolute atomic E-state index is 12.6. The standard InChI is InChI=1S/C18H25N3O4/c1-3-24-17(22)15-13(11-21-8-6-12(2)7-9-21)19-18(23)20-16(15)14-5-4-10-25-14/h4-5,10,12,16H,3,6-9,11H2,1-2H3,(H2,19,20,23)/p+1/t16-/m1/s1. The van der Waals surface area contributed by atoms with E-state index < -0.39 is 12.0 Å². The molecular formula is C18H26N3O4+. The molecule has 7 heteroatoms. The SMILES string of the molecule is CCOC(=O)C1=C(C[NH+]2CCC(C)CC2)NC(=O)N[C@@H]1c1ccco1. The second-order valence-corrected chi connectivity index (χ2v) is 6.77. The first-order valence-corrected chi connectivity index (χ1v) is 8.93. The van der Waals surface area contributed by atoms with E-state index in [2.05, 4.69) is 17.6 Å². The van der Waals surface area contributed by atoms with E-state index in [0.29, 0.717) is 23.6 Å². The number of quaternary nitrogens is 1. The monoisotopic (exact) mass is 348 g/mol. The summed E-state index contributed by atoms with van der Waals surface area (Å²) in [5.74, 6) is 0.842. The minimum atomic E-state index is -0.624. The van der Waals surface area contributed by atoms with Gasteiger partial charge in [0.25, 0.3) is 0 Å². The zero-order chi connectivity index (χ0) is 17.8. The van der Waals surface area contributed by atoms with Gasteiger partial charge in [0.15, 0.2) is 0 Å². The van der Waals surface area contributed by atoms with Gasteiger partial charge in [-0.3, -0.25) is 0 Å². The topological polar surface area (TPSA) is 85.0 Å². The Hall–Kier alpha value is -2.28. The van der Waals surface area contributed by atoms with E-state index in [9.17, 15) is 9.59 Å². The molecule has 0 bridgehead atoms. The van der Waals surface area contributed by atoms with Crippen molar-refractivity contribution in [1.29, 1.82) is 0 Å². The fourth-order valence-corrected chi connectivity index (χ4v) is 3.47. The van der Waals surface area contributed by atoms with E-state index >= 15 is 0 Å². The Balaban J connectivity index is 1.90. The summed E-state index contributed by atoms with van der Waals surface area (Å²) in [6.07, 6.45) is 3.85. The van der Waals surface area contributed by atoms with E-state index in [4.69, 9.17) is 9.15 Å². The number of rotatable bonds is 5. The number of likely N-dealkylation sites (tertiary alicyclic amines) is 1. The predicted molar refractivity (Wildman–Crippen MR) is 90.7 cm³/mol. The molecule has 3 rings (SSSR count). The Kier molecular flexibility index (Phi) is 5.43. The van der Waals surface area contributed by atoms with Gasteiger partial charge in [-0.25, -0.2) is 9.59 Å². The Morgan fingerprint density at radius 3 is 2.80 bits per heavy atom. The van der Waals surface area contributed by atoms with Crippen molar-refractivity contribution in [2.75, 3.05) is 26.2 Å². The van der Waals surface area contributed by atoms with Crippen LogP contribution in [0.5, 0.6) is 0 Å². The number of furan rings is 1. The number of amides is 2. The number of piperidine rings is 1. The second kappa shape index (κ2) is 7.74. The molecule has 0 spiro atoms. The van der Waals surface area contributed by atoms with Crippen LogP contribution in [0.1, 0.15) is 38.5 Å². The number of hydrogen-bond donors (Lipinski definition) is 3. The predicted octanol–water partition coefficient (Wildman–Crippen LogP) is 0.766. The quantitative estimate of drug-likeness (QED) is 0.686. The average molecular weight is 348 g/mol. The molecule has 3 heterocycles. The zero-order valence-electron chi connectivity index (χ0n) is 14.8. The van der Waals surface area contributed by atoms with E-state index in [-0.39, 0.29) is 12.6 Å². The van der Waals surface area contributed by atoms with Crippen molar-refractivity contribution in [2.45, 2.75) is 32.7 Å². The third-order valence-electron chi connectivity index (χ3n) is 4.88. The summed E-state index contributed by atoms with van der Waals surface area (Å²) >= 11 is 0. The van der Waals surface area contributed by atoms with E-state index in [0.717, 1.165) is 31.8 Å². The first kappa shape index (κ1) is 17.5. The summed E-state index contributed by atoms with van der Waals surface area (Å²) in [6, 6.07) is 2.54. The fraction of sp³-hybridized carbons (Fsp3) is 0.556. The molecule has 0 aliphatic carbocycles. The molecule has 1 fully saturated rings. The van der Waals surface area contributed by atoms with Crippen LogP contribution in [-0.4, -0.2) is 38.2 Å². The van der Waals surface area contributed by atoms with Crippen LogP contribution in [0.25, 0.3) is 0 Å². The van der Waals surface area contributed by atoms with Crippen LogP contribution in [0.3, 0.4) is 0 Å². The van der Waals surface area contributed by atoms with Gasteiger partial charge in [0.05, 0.1) is 37.2 Å². The first-order valence-electron chi connectivity index (χ1n) is 8.93. The molecule has 25 heavy (non-hydrogen) atoms. The third-order valence-corrected chi connectivity index (χ3v) is 4.88. The number of urea groups is 1. The normalized spacial score (nSPS) is 26.8. The number of ether oxygens (including phenoxy) is 1. The van der Waals surface area contributed by atoms with Crippen molar-refractivity contribution in [2.24, 2.45) is 5.92 Å². The minimum Gasteiger partial charge on any atom is -0.467 e. The summed E-state index contributed by atoms with van der Waals surface area (Å²) < 4.78 is 10.7. The van der Waals surface area contributed by atoms with Crippen LogP contribution < -0.4 is 15.5 Å². The van der Waals surface area contributed by atoms with Crippen LogP contribution in [0.15, 0.2) is 34.1 Å². The lowest BCUT2D eigenvalue weighted by atomic mass is 9.97. The van der Waals surface area contributed by atoms with Crippen molar-refractivity contribution < 1.29 is 23.6 Å². The van der Waals surface area contributed by atoms with Crippen molar-refractivity contribution in [3.05, 3.63) is 35.4 Å². The van der Waals surface area contributed by atoms with Crippen LogP contribution in [0.2, 0.25) is 0 Å². The van der Waals surface area contributed by atoms with E-state index in [1.165, 1.54) is 11.2 Å². The van der Waals surface area contributed by atoms with Gasteiger partial charge in [0.2, 0.25) is 0 Å². The lowest BCUT2D eigenvalue weighted by molar-refractivity contribution is -0.901.